The third-order valence-corrected chi connectivity index (χ3v) is 6.25. The van der Waals surface area contributed by atoms with Crippen molar-refractivity contribution < 1.29 is 32.7 Å². The maximum absolute atomic E-state index is 12.9. The molecule has 0 bridgehead atoms. The van der Waals surface area contributed by atoms with E-state index >= 15 is 0 Å². The van der Waals surface area contributed by atoms with Crippen molar-refractivity contribution in [1.82, 2.24) is 0 Å². The summed E-state index contributed by atoms with van der Waals surface area (Å²) in [5, 5.41) is 13.9. The number of carboxylic acid groups (broad SMARTS) is 1. The van der Waals surface area contributed by atoms with Crippen molar-refractivity contribution in [3.05, 3.63) is 89.5 Å². The molecule has 3 rings (SSSR count). The van der Waals surface area contributed by atoms with E-state index in [9.17, 15) is 32.7 Å². The van der Waals surface area contributed by atoms with Crippen LogP contribution in [0, 0.1) is 0 Å². The number of carbonyl (C=O) groups is 3. The van der Waals surface area contributed by atoms with E-state index in [1.54, 1.807) is 37.3 Å². The molecule has 0 saturated heterocycles. The first-order valence-electron chi connectivity index (χ1n) is 10.5. The fourth-order valence-electron chi connectivity index (χ4n) is 3.20. The highest BCUT2D eigenvalue weighted by molar-refractivity contribution is 8.00. The van der Waals surface area contributed by atoms with E-state index in [4.69, 9.17) is 0 Å². The van der Waals surface area contributed by atoms with Crippen LogP contribution in [0.3, 0.4) is 0 Å². The van der Waals surface area contributed by atoms with Crippen molar-refractivity contribution in [2.75, 3.05) is 10.6 Å². The first-order valence-corrected chi connectivity index (χ1v) is 11.3. The Bertz CT molecular complexity index is 1250. The molecule has 0 aliphatic carbocycles. The summed E-state index contributed by atoms with van der Waals surface area (Å²) in [6.07, 6.45) is -4.12. The number of hydrogen-bond acceptors (Lipinski definition) is 4. The highest BCUT2D eigenvalue weighted by Gasteiger charge is 2.30. The van der Waals surface area contributed by atoms with Crippen LogP contribution in [0.15, 0.2) is 77.7 Å². The number of aromatic carboxylic acids is 1. The molecule has 0 aromatic heterocycles. The summed E-state index contributed by atoms with van der Waals surface area (Å²) in [5.74, 6) is -2.28. The van der Waals surface area contributed by atoms with Crippen LogP contribution in [0.5, 0.6) is 0 Å². The van der Waals surface area contributed by atoms with Crippen LogP contribution >= 0.6 is 11.8 Å². The maximum atomic E-state index is 12.9. The second-order valence-corrected chi connectivity index (χ2v) is 8.69. The van der Waals surface area contributed by atoms with Crippen LogP contribution in [-0.2, 0) is 11.0 Å². The third kappa shape index (κ3) is 6.86. The summed E-state index contributed by atoms with van der Waals surface area (Å²) in [7, 11) is 0. The molecule has 0 aliphatic heterocycles. The smallest absolute Gasteiger partial charge is 0.416 e. The monoisotopic (exact) mass is 502 g/mol. The Hall–Kier alpha value is -3.79. The molecule has 2 amide bonds. The summed E-state index contributed by atoms with van der Waals surface area (Å²) < 4.78 is 38.8. The minimum atomic E-state index is -4.52. The van der Waals surface area contributed by atoms with Crippen molar-refractivity contribution in [2.24, 2.45) is 0 Å². The Morgan fingerprint density at radius 1 is 0.886 bits per heavy atom. The van der Waals surface area contributed by atoms with Crippen molar-refractivity contribution in [3.8, 4) is 0 Å². The summed E-state index contributed by atoms with van der Waals surface area (Å²) in [4.78, 5) is 37.3. The number of carbonyl (C=O) groups excluding carboxylic acids is 2. The van der Waals surface area contributed by atoms with Crippen LogP contribution in [-0.4, -0.2) is 28.1 Å². The SMILES string of the molecule is CCC(Sc1cccc(NC(=O)c2ccccc2C(=O)O)c1)C(=O)Nc1cccc(C(F)(F)F)c1. The van der Waals surface area contributed by atoms with Crippen molar-refractivity contribution in [1.29, 1.82) is 0 Å². The minimum absolute atomic E-state index is 0.00459. The number of anilines is 2. The van der Waals surface area contributed by atoms with E-state index in [-0.39, 0.29) is 16.8 Å². The van der Waals surface area contributed by atoms with Gasteiger partial charge in [-0.25, -0.2) is 4.79 Å². The lowest BCUT2D eigenvalue weighted by Gasteiger charge is -2.16. The quantitative estimate of drug-likeness (QED) is 0.321. The van der Waals surface area contributed by atoms with Gasteiger partial charge in [-0.15, -0.1) is 11.8 Å². The molecule has 35 heavy (non-hydrogen) atoms. The van der Waals surface area contributed by atoms with Gasteiger partial charge in [0.25, 0.3) is 5.91 Å². The number of alkyl halides is 3. The topological polar surface area (TPSA) is 95.5 Å². The fourth-order valence-corrected chi connectivity index (χ4v) is 4.21. The zero-order valence-corrected chi connectivity index (χ0v) is 19.2. The lowest BCUT2D eigenvalue weighted by atomic mass is 10.1. The second-order valence-electron chi connectivity index (χ2n) is 7.42. The molecule has 0 fully saturated rings. The van der Waals surface area contributed by atoms with Gasteiger partial charge >= 0.3 is 12.1 Å². The van der Waals surface area contributed by atoms with Gasteiger partial charge in [-0.1, -0.05) is 31.2 Å². The van der Waals surface area contributed by atoms with E-state index in [1.807, 2.05) is 0 Å². The largest absolute Gasteiger partial charge is 0.478 e. The number of halogens is 3. The maximum Gasteiger partial charge on any atom is 0.416 e. The summed E-state index contributed by atoms with van der Waals surface area (Å²) in [5.41, 5.74) is -0.544. The van der Waals surface area contributed by atoms with Gasteiger partial charge in [0.15, 0.2) is 0 Å². The number of benzene rings is 3. The molecule has 0 aliphatic rings. The molecule has 1 unspecified atom stereocenters. The van der Waals surface area contributed by atoms with Gasteiger partial charge < -0.3 is 15.7 Å². The lowest BCUT2D eigenvalue weighted by molar-refractivity contribution is -0.137. The highest BCUT2D eigenvalue weighted by Crippen LogP contribution is 2.32. The zero-order chi connectivity index (χ0) is 25.6. The molecule has 182 valence electrons. The van der Waals surface area contributed by atoms with E-state index in [0.717, 1.165) is 12.1 Å². The molecule has 0 radical (unpaired) electrons. The van der Waals surface area contributed by atoms with Gasteiger partial charge in [-0.3, -0.25) is 9.59 Å². The molecular weight excluding hydrogens is 481 g/mol. The summed E-state index contributed by atoms with van der Waals surface area (Å²) in [6, 6.07) is 16.9. The van der Waals surface area contributed by atoms with Crippen molar-refractivity contribution in [3.63, 3.8) is 0 Å². The van der Waals surface area contributed by atoms with E-state index in [2.05, 4.69) is 10.6 Å². The van der Waals surface area contributed by atoms with Crippen LogP contribution in [0.25, 0.3) is 0 Å². The molecule has 0 spiro atoms. The zero-order valence-electron chi connectivity index (χ0n) is 18.4. The average molecular weight is 503 g/mol. The molecule has 3 N–H and O–H groups in total. The standard InChI is InChI=1S/C25H21F3N2O4S/c1-2-21(23(32)30-16-8-5-7-15(13-16)25(26,27)28)35-18-10-6-9-17(14-18)29-22(31)19-11-3-4-12-20(19)24(33)34/h3-14,21H,2H2,1H3,(H,29,31)(H,30,32)(H,33,34). The van der Waals surface area contributed by atoms with Crippen LogP contribution in [0.1, 0.15) is 39.6 Å². The van der Waals surface area contributed by atoms with Crippen LogP contribution in [0.2, 0.25) is 0 Å². The highest BCUT2D eigenvalue weighted by atomic mass is 32.2. The van der Waals surface area contributed by atoms with Gasteiger partial charge in [0, 0.05) is 16.3 Å². The predicted octanol–water partition coefficient (Wildman–Crippen LogP) is 6.17. The Labute approximate surface area is 203 Å². The van der Waals surface area contributed by atoms with Crippen LogP contribution < -0.4 is 10.6 Å². The summed E-state index contributed by atoms with van der Waals surface area (Å²) in [6.45, 7) is 1.78. The number of nitrogens with one attached hydrogen (secondary N) is 2. The molecule has 10 heteroatoms. The Kier molecular flexibility index (Phi) is 8.18. The van der Waals surface area contributed by atoms with Crippen molar-refractivity contribution in [2.45, 2.75) is 29.7 Å². The molecule has 1 atom stereocenters. The first-order chi connectivity index (χ1) is 16.6. The van der Waals surface area contributed by atoms with Gasteiger partial charge in [0.1, 0.15) is 0 Å². The minimum Gasteiger partial charge on any atom is -0.478 e. The van der Waals surface area contributed by atoms with Gasteiger partial charge in [-0.2, -0.15) is 13.2 Å². The molecule has 0 saturated carbocycles. The average Bonchev–Trinajstić information content (AvgIpc) is 2.82. The molecule has 6 nitrogen and oxygen atoms in total. The molecule has 3 aromatic carbocycles. The van der Waals surface area contributed by atoms with Crippen LogP contribution in [0.4, 0.5) is 24.5 Å². The Morgan fingerprint density at radius 2 is 1.51 bits per heavy atom. The Morgan fingerprint density at radius 3 is 2.14 bits per heavy atom. The normalized spacial score (nSPS) is 12.0. The van der Waals surface area contributed by atoms with Gasteiger partial charge in [0.2, 0.25) is 5.91 Å². The number of thioether (sulfide) groups is 1. The van der Waals surface area contributed by atoms with E-state index in [0.29, 0.717) is 17.0 Å². The second kappa shape index (κ2) is 11.1. The first kappa shape index (κ1) is 25.8. The third-order valence-electron chi connectivity index (χ3n) is 4.89. The number of hydrogen-bond donors (Lipinski definition) is 3. The van der Waals surface area contributed by atoms with Crippen molar-refractivity contribution >= 4 is 40.9 Å². The number of rotatable bonds is 8. The fraction of sp³-hybridized carbons (Fsp3) is 0.160. The number of amides is 2. The molecule has 0 heterocycles. The van der Waals surface area contributed by atoms with Gasteiger partial charge in [0.05, 0.1) is 21.9 Å². The predicted molar refractivity (Wildman–Crippen MR) is 128 cm³/mol. The summed E-state index contributed by atoms with van der Waals surface area (Å²) >= 11 is 1.19. The number of carboxylic acids is 1. The molecule has 3 aromatic rings. The van der Waals surface area contributed by atoms with Gasteiger partial charge in [-0.05, 0) is 55.0 Å². The lowest BCUT2D eigenvalue weighted by Crippen LogP contribution is -2.24. The Balaban J connectivity index is 1.70. The van der Waals surface area contributed by atoms with E-state index < -0.39 is 34.8 Å². The molecular formula is C25H21F3N2O4S. The van der Waals surface area contributed by atoms with E-state index in [1.165, 1.54) is 42.1 Å².